The van der Waals surface area contributed by atoms with E-state index in [1.165, 1.54) is 43.4 Å². The van der Waals surface area contributed by atoms with Crippen LogP contribution < -0.4 is 0 Å². The lowest BCUT2D eigenvalue weighted by Crippen LogP contribution is -1.97. The number of fused-ring (bicyclic) bond motifs is 4. The van der Waals surface area contributed by atoms with Crippen molar-refractivity contribution < 1.29 is 0 Å². The molecule has 1 heterocycles. The van der Waals surface area contributed by atoms with Crippen LogP contribution in [-0.4, -0.2) is 9.97 Å². The van der Waals surface area contributed by atoms with Crippen LogP contribution in [0.3, 0.4) is 0 Å². The summed E-state index contributed by atoms with van der Waals surface area (Å²) in [6.45, 7) is 0. The summed E-state index contributed by atoms with van der Waals surface area (Å²) in [4.78, 5) is 10.4. The molecule has 0 N–H and O–H groups in total. The van der Waals surface area contributed by atoms with Crippen LogP contribution in [0.5, 0.6) is 0 Å². The van der Waals surface area contributed by atoms with Crippen molar-refractivity contribution in [2.24, 2.45) is 0 Å². The molecule has 0 radical (unpaired) electrons. The molecule has 0 spiro atoms. The van der Waals surface area contributed by atoms with E-state index in [9.17, 15) is 0 Å². The highest BCUT2D eigenvalue weighted by atomic mass is 14.9. The summed E-state index contributed by atoms with van der Waals surface area (Å²) in [6, 6.07) is 62.6. The zero-order valence-corrected chi connectivity index (χ0v) is 29.4. The standard InChI is InChI=1S/C52H32N2/c1-4-14-35(15-5-1)42-30-43(36-16-6-2-7-17-36)32-44(31-42)50-34-49(53-52(54-50)40-19-8-3-9-20-40)38-24-26-39(27-25-38)51-46-23-13-11-21-41(46)33-48-45-22-12-10-18-37(45)28-29-47(48)51/h1-6,8-16,18-34H. The summed E-state index contributed by atoms with van der Waals surface area (Å²) >= 11 is 0. The molecule has 2 nitrogen and oxygen atoms in total. The third-order valence-electron chi connectivity index (χ3n) is 10.3. The molecule has 8 aromatic carbocycles. The summed E-state index contributed by atoms with van der Waals surface area (Å²) in [6.07, 6.45) is 5.96. The first-order valence-corrected chi connectivity index (χ1v) is 18.2. The Hall–Kier alpha value is -7.34. The van der Waals surface area contributed by atoms with E-state index in [2.05, 4.69) is 169 Å². The zero-order valence-electron chi connectivity index (χ0n) is 29.4. The van der Waals surface area contributed by atoms with Crippen molar-refractivity contribution in [2.75, 3.05) is 0 Å². The minimum Gasteiger partial charge on any atom is -0.228 e. The number of hydrogen-bond acceptors (Lipinski definition) is 2. The fraction of sp³-hybridized carbons (Fsp3) is 0. The van der Waals surface area contributed by atoms with Crippen LogP contribution in [0.2, 0.25) is 0 Å². The van der Waals surface area contributed by atoms with E-state index < -0.39 is 0 Å². The van der Waals surface area contributed by atoms with Gasteiger partial charge >= 0.3 is 0 Å². The third-order valence-corrected chi connectivity index (χ3v) is 10.3. The minimum atomic E-state index is 0.686. The van der Waals surface area contributed by atoms with Gasteiger partial charge in [0.1, 0.15) is 0 Å². The van der Waals surface area contributed by atoms with Crippen molar-refractivity contribution in [1.29, 1.82) is 0 Å². The van der Waals surface area contributed by atoms with Gasteiger partial charge in [-0.05, 0) is 103 Å². The van der Waals surface area contributed by atoms with Gasteiger partial charge in [-0.15, -0.1) is 0 Å². The Balaban J connectivity index is 1.14. The SMILES string of the molecule is C1=C=C(c2cc(-c3ccccc3)cc(-c3cc(-c4ccc(-c5c6ccccc6cc6c5ccc5ccccc56)cc4)nc(-c4ccccc4)n3)c2)C=CC=1. The Bertz CT molecular complexity index is 3030. The summed E-state index contributed by atoms with van der Waals surface area (Å²) < 4.78 is 0. The zero-order chi connectivity index (χ0) is 35.8. The lowest BCUT2D eigenvalue weighted by molar-refractivity contribution is 1.18. The molecule has 1 aliphatic rings. The Labute approximate surface area is 314 Å². The van der Waals surface area contributed by atoms with Crippen LogP contribution in [0.4, 0.5) is 0 Å². The molecule has 0 atom stereocenters. The van der Waals surface area contributed by atoms with E-state index in [0.717, 1.165) is 50.3 Å². The summed E-state index contributed by atoms with van der Waals surface area (Å²) in [5, 5.41) is 7.50. The molecule has 0 bridgehead atoms. The number of rotatable bonds is 6. The van der Waals surface area contributed by atoms with Crippen LogP contribution in [0.1, 0.15) is 5.56 Å². The second-order valence-corrected chi connectivity index (χ2v) is 13.6. The van der Waals surface area contributed by atoms with Crippen LogP contribution in [0.15, 0.2) is 206 Å². The van der Waals surface area contributed by atoms with E-state index in [1.54, 1.807) is 0 Å². The lowest BCUT2D eigenvalue weighted by Gasteiger charge is -2.15. The molecule has 250 valence electrons. The Morgan fingerprint density at radius 3 is 1.76 bits per heavy atom. The van der Waals surface area contributed by atoms with E-state index in [4.69, 9.17) is 9.97 Å². The number of aromatic nitrogens is 2. The molecule has 1 aliphatic carbocycles. The smallest absolute Gasteiger partial charge is 0.160 e. The average molecular weight is 685 g/mol. The molecule has 0 saturated carbocycles. The summed E-state index contributed by atoms with van der Waals surface area (Å²) in [7, 11) is 0. The van der Waals surface area contributed by atoms with Crippen molar-refractivity contribution >= 4 is 37.9 Å². The minimum absolute atomic E-state index is 0.686. The van der Waals surface area contributed by atoms with Gasteiger partial charge in [-0.3, -0.25) is 0 Å². The van der Waals surface area contributed by atoms with Crippen molar-refractivity contribution in [3.05, 3.63) is 211 Å². The Morgan fingerprint density at radius 1 is 0.370 bits per heavy atom. The average Bonchev–Trinajstić information content (AvgIpc) is 3.26. The van der Waals surface area contributed by atoms with Gasteiger partial charge in [0, 0.05) is 22.3 Å². The van der Waals surface area contributed by atoms with E-state index in [1.807, 2.05) is 36.4 Å². The predicted molar refractivity (Wildman–Crippen MR) is 226 cm³/mol. The molecule has 10 rings (SSSR count). The molecule has 0 amide bonds. The Kier molecular flexibility index (Phi) is 7.75. The summed E-state index contributed by atoms with van der Waals surface area (Å²) in [5.41, 5.74) is 17.9. The van der Waals surface area contributed by atoms with Gasteiger partial charge < -0.3 is 0 Å². The fourth-order valence-electron chi connectivity index (χ4n) is 7.65. The van der Waals surface area contributed by atoms with Gasteiger partial charge in [0.2, 0.25) is 0 Å². The molecular formula is C52H32N2. The molecule has 0 unspecified atom stereocenters. The third kappa shape index (κ3) is 5.75. The second kappa shape index (κ2) is 13.3. The quantitative estimate of drug-likeness (QED) is 0.0990. The topological polar surface area (TPSA) is 25.8 Å². The first-order chi connectivity index (χ1) is 26.7. The van der Waals surface area contributed by atoms with Gasteiger partial charge in [0.05, 0.1) is 11.4 Å². The first-order valence-electron chi connectivity index (χ1n) is 18.2. The maximum atomic E-state index is 5.20. The van der Waals surface area contributed by atoms with E-state index >= 15 is 0 Å². The van der Waals surface area contributed by atoms with E-state index in [-0.39, 0.29) is 0 Å². The Morgan fingerprint density at radius 2 is 1.00 bits per heavy atom. The lowest BCUT2D eigenvalue weighted by atomic mass is 9.89. The molecule has 2 heteroatoms. The highest BCUT2D eigenvalue weighted by Crippen LogP contribution is 2.40. The number of nitrogens with zero attached hydrogens (tertiary/aromatic N) is 2. The molecular weight excluding hydrogens is 653 g/mol. The van der Waals surface area contributed by atoms with Crippen LogP contribution in [-0.2, 0) is 0 Å². The molecule has 0 saturated heterocycles. The van der Waals surface area contributed by atoms with Crippen molar-refractivity contribution in [1.82, 2.24) is 9.97 Å². The molecule has 9 aromatic rings. The first kappa shape index (κ1) is 31.4. The van der Waals surface area contributed by atoms with Crippen LogP contribution >= 0.6 is 0 Å². The van der Waals surface area contributed by atoms with E-state index in [0.29, 0.717) is 5.82 Å². The fourth-order valence-corrected chi connectivity index (χ4v) is 7.65. The van der Waals surface area contributed by atoms with Gasteiger partial charge in [-0.2, -0.15) is 0 Å². The van der Waals surface area contributed by atoms with Crippen molar-refractivity contribution in [3.63, 3.8) is 0 Å². The maximum Gasteiger partial charge on any atom is 0.160 e. The van der Waals surface area contributed by atoms with Gasteiger partial charge in [0.15, 0.2) is 5.82 Å². The van der Waals surface area contributed by atoms with Crippen molar-refractivity contribution in [2.45, 2.75) is 0 Å². The predicted octanol–water partition coefficient (Wildman–Crippen LogP) is 13.5. The number of benzene rings is 8. The molecule has 54 heavy (non-hydrogen) atoms. The molecule has 0 aliphatic heterocycles. The number of hydrogen-bond donors (Lipinski definition) is 0. The number of allylic oxidation sites excluding steroid dienone is 4. The second-order valence-electron chi connectivity index (χ2n) is 13.6. The molecule has 0 fully saturated rings. The van der Waals surface area contributed by atoms with Crippen molar-refractivity contribution in [3.8, 4) is 56.2 Å². The van der Waals surface area contributed by atoms with Gasteiger partial charge in [-0.1, -0.05) is 163 Å². The van der Waals surface area contributed by atoms with Crippen LogP contribution in [0, 0.1) is 0 Å². The molecule has 1 aromatic heterocycles. The highest BCUT2D eigenvalue weighted by Gasteiger charge is 2.16. The largest absolute Gasteiger partial charge is 0.228 e. The summed E-state index contributed by atoms with van der Waals surface area (Å²) in [5.74, 6) is 0.686. The highest BCUT2D eigenvalue weighted by molar-refractivity contribution is 6.20. The monoisotopic (exact) mass is 684 g/mol. The maximum absolute atomic E-state index is 5.20. The van der Waals surface area contributed by atoms with Gasteiger partial charge in [-0.25, -0.2) is 9.97 Å². The normalized spacial score (nSPS) is 12.1. The van der Waals surface area contributed by atoms with Crippen LogP contribution in [0.25, 0.3) is 94.0 Å². The van der Waals surface area contributed by atoms with Gasteiger partial charge in [0.25, 0.3) is 0 Å².